The van der Waals surface area contributed by atoms with Gasteiger partial charge in [-0.15, -0.1) is 0 Å². The van der Waals surface area contributed by atoms with E-state index >= 15 is 0 Å². The van der Waals surface area contributed by atoms with Gasteiger partial charge in [-0.1, -0.05) is 12.5 Å². The first-order valence-corrected chi connectivity index (χ1v) is 8.17. The number of hydrogen-bond acceptors (Lipinski definition) is 3. The average molecular weight is 315 g/mol. The van der Waals surface area contributed by atoms with Crippen LogP contribution in [0.1, 0.15) is 31.7 Å². The van der Waals surface area contributed by atoms with Crippen molar-refractivity contribution in [2.24, 2.45) is 5.41 Å². The van der Waals surface area contributed by atoms with Gasteiger partial charge in [0.1, 0.15) is 10.7 Å². The summed E-state index contributed by atoms with van der Waals surface area (Å²) in [5.41, 5.74) is -0.544. The zero-order chi connectivity index (χ0) is 15.8. The van der Waals surface area contributed by atoms with Gasteiger partial charge in [0, 0.05) is 6.04 Å². The highest BCUT2D eigenvalue weighted by molar-refractivity contribution is 7.89. The predicted molar refractivity (Wildman–Crippen MR) is 74.8 cm³/mol. The third kappa shape index (κ3) is 2.94. The molecule has 0 bridgehead atoms. The van der Waals surface area contributed by atoms with Gasteiger partial charge in [0.15, 0.2) is 0 Å². The molecule has 116 valence electrons. The number of nitrogens with one attached hydrogen (secondary N) is 1. The maximum absolute atomic E-state index is 13.8. The molecule has 2 rings (SSSR count). The fourth-order valence-corrected chi connectivity index (χ4v) is 4.22. The number of carboxylic acid groups (broad SMARTS) is 1. The molecule has 21 heavy (non-hydrogen) atoms. The topological polar surface area (TPSA) is 83.5 Å². The zero-order valence-corrected chi connectivity index (χ0v) is 12.7. The van der Waals surface area contributed by atoms with Crippen LogP contribution in [0.2, 0.25) is 0 Å². The SMILES string of the molecule is Cc1ccc(F)c(S(=O)(=O)NC2CCCC2(C)C(=O)O)c1. The van der Waals surface area contributed by atoms with Crippen LogP contribution in [0.3, 0.4) is 0 Å². The van der Waals surface area contributed by atoms with Crippen molar-refractivity contribution in [3.8, 4) is 0 Å². The molecule has 7 heteroatoms. The Morgan fingerprint density at radius 2 is 2.14 bits per heavy atom. The normalized spacial score (nSPS) is 26.0. The lowest BCUT2D eigenvalue weighted by atomic mass is 9.85. The Balaban J connectivity index is 2.34. The van der Waals surface area contributed by atoms with Crippen molar-refractivity contribution in [1.82, 2.24) is 4.72 Å². The number of halogens is 1. The Kier molecular flexibility index (Phi) is 4.08. The summed E-state index contributed by atoms with van der Waals surface area (Å²) in [4.78, 5) is 10.9. The van der Waals surface area contributed by atoms with E-state index in [9.17, 15) is 22.7 Å². The number of aryl methyl sites for hydroxylation is 1. The van der Waals surface area contributed by atoms with Crippen molar-refractivity contribution in [2.45, 2.75) is 44.0 Å². The van der Waals surface area contributed by atoms with Crippen LogP contribution in [-0.4, -0.2) is 25.5 Å². The molecule has 1 aromatic rings. The molecule has 2 atom stereocenters. The zero-order valence-electron chi connectivity index (χ0n) is 11.9. The van der Waals surface area contributed by atoms with E-state index in [1.54, 1.807) is 6.92 Å². The van der Waals surface area contributed by atoms with Crippen molar-refractivity contribution < 1.29 is 22.7 Å². The molecule has 0 aliphatic heterocycles. The number of rotatable bonds is 4. The standard InChI is InChI=1S/C14H18FNO4S/c1-9-5-6-10(15)11(8-9)21(19,20)16-12-4-3-7-14(12,2)13(17)18/h5-6,8,12,16H,3-4,7H2,1-2H3,(H,17,18). The van der Waals surface area contributed by atoms with Crippen LogP contribution < -0.4 is 4.72 Å². The maximum atomic E-state index is 13.8. The van der Waals surface area contributed by atoms with Crippen LogP contribution in [-0.2, 0) is 14.8 Å². The molecular weight excluding hydrogens is 297 g/mol. The summed E-state index contributed by atoms with van der Waals surface area (Å²) < 4.78 is 40.8. The van der Waals surface area contributed by atoms with Gasteiger partial charge in [0.25, 0.3) is 0 Å². The lowest BCUT2D eigenvalue weighted by Crippen LogP contribution is -2.47. The van der Waals surface area contributed by atoms with Crippen LogP contribution in [0.25, 0.3) is 0 Å². The molecule has 5 nitrogen and oxygen atoms in total. The quantitative estimate of drug-likeness (QED) is 0.891. The molecule has 1 aromatic carbocycles. The summed E-state index contributed by atoms with van der Waals surface area (Å²) in [5.74, 6) is -1.89. The highest BCUT2D eigenvalue weighted by atomic mass is 32.2. The van der Waals surface area contributed by atoms with Gasteiger partial charge in [0.05, 0.1) is 5.41 Å². The third-order valence-corrected chi connectivity index (χ3v) is 5.61. The molecule has 0 radical (unpaired) electrons. The molecule has 2 unspecified atom stereocenters. The van der Waals surface area contributed by atoms with E-state index in [1.165, 1.54) is 19.1 Å². The monoisotopic (exact) mass is 315 g/mol. The number of carbonyl (C=O) groups is 1. The lowest BCUT2D eigenvalue weighted by molar-refractivity contribution is -0.148. The first-order valence-electron chi connectivity index (χ1n) is 6.69. The highest BCUT2D eigenvalue weighted by Crippen LogP contribution is 2.39. The molecule has 2 N–H and O–H groups in total. The predicted octanol–water partition coefficient (Wildman–Crippen LogP) is 2.06. The van der Waals surface area contributed by atoms with Crippen molar-refractivity contribution in [2.75, 3.05) is 0 Å². The maximum Gasteiger partial charge on any atom is 0.310 e. The minimum Gasteiger partial charge on any atom is -0.481 e. The second-order valence-corrected chi connectivity index (χ2v) is 7.41. The molecule has 0 spiro atoms. The van der Waals surface area contributed by atoms with E-state index in [1.807, 2.05) is 0 Å². The molecule has 0 saturated heterocycles. The summed E-state index contributed by atoms with van der Waals surface area (Å²) in [6.07, 6.45) is 1.44. The van der Waals surface area contributed by atoms with Crippen LogP contribution >= 0.6 is 0 Å². The van der Waals surface area contributed by atoms with Crippen molar-refractivity contribution >= 4 is 16.0 Å². The van der Waals surface area contributed by atoms with Gasteiger partial charge in [-0.2, -0.15) is 0 Å². The minimum absolute atomic E-state index is 0.395. The Morgan fingerprint density at radius 1 is 1.48 bits per heavy atom. The van der Waals surface area contributed by atoms with Gasteiger partial charge in [-0.05, 0) is 44.4 Å². The molecule has 1 aliphatic carbocycles. The van der Waals surface area contributed by atoms with Gasteiger partial charge in [-0.25, -0.2) is 17.5 Å². The fourth-order valence-electron chi connectivity index (χ4n) is 2.68. The van der Waals surface area contributed by atoms with Gasteiger partial charge >= 0.3 is 5.97 Å². The molecule has 0 heterocycles. The summed E-state index contributed by atoms with van der Waals surface area (Å²) in [7, 11) is -4.09. The summed E-state index contributed by atoms with van der Waals surface area (Å²) >= 11 is 0. The second-order valence-electron chi connectivity index (χ2n) is 5.72. The first kappa shape index (κ1) is 15.9. The lowest BCUT2D eigenvalue weighted by Gasteiger charge is -2.27. The Morgan fingerprint density at radius 3 is 2.76 bits per heavy atom. The molecule has 1 fully saturated rings. The number of hydrogen-bond donors (Lipinski definition) is 2. The van der Waals surface area contributed by atoms with Crippen molar-refractivity contribution in [3.63, 3.8) is 0 Å². The number of aliphatic carboxylic acids is 1. The third-order valence-electron chi connectivity index (χ3n) is 4.12. The minimum atomic E-state index is -4.09. The molecule has 0 amide bonds. The molecule has 1 saturated carbocycles. The summed E-state index contributed by atoms with van der Waals surface area (Å²) in [6.45, 7) is 3.18. The average Bonchev–Trinajstić information content (AvgIpc) is 2.74. The van der Waals surface area contributed by atoms with Crippen LogP contribution in [0.5, 0.6) is 0 Å². The van der Waals surface area contributed by atoms with E-state index in [0.717, 1.165) is 6.07 Å². The van der Waals surface area contributed by atoms with Gasteiger partial charge in [0.2, 0.25) is 10.0 Å². The number of sulfonamides is 1. The van der Waals surface area contributed by atoms with E-state index in [4.69, 9.17) is 0 Å². The number of benzene rings is 1. The Hall–Kier alpha value is -1.47. The highest BCUT2D eigenvalue weighted by Gasteiger charge is 2.47. The van der Waals surface area contributed by atoms with Crippen molar-refractivity contribution in [3.05, 3.63) is 29.6 Å². The Labute approximate surface area is 123 Å². The summed E-state index contributed by atoms with van der Waals surface area (Å²) in [6, 6.07) is 3.07. The van der Waals surface area contributed by atoms with Crippen LogP contribution in [0.4, 0.5) is 4.39 Å². The molecule has 0 aromatic heterocycles. The van der Waals surface area contributed by atoms with E-state index in [2.05, 4.69) is 4.72 Å². The second kappa shape index (κ2) is 5.38. The van der Waals surface area contributed by atoms with Crippen LogP contribution in [0, 0.1) is 18.2 Å². The fraction of sp³-hybridized carbons (Fsp3) is 0.500. The smallest absolute Gasteiger partial charge is 0.310 e. The Bertz CT molecular complexity index is 674. The largest absolute Gasteiger partial charge is 0.481 e. The van der Waals surface area contributed by atoms with E-state index in [-0.39, 0.29) is 0 Å². The molecule has 1 aliphatic rings. The number of carboxylic acids is 1. The van der Waals surface area contributed by atoms with Crippen molar-refractivity contribution in [1.29, 1.82) is 0 Å². The van der Waals surface area contributed by atoms with Crippen LogP contribution in [0.15, 0.2) is 23.1 Å². The van der Waals surface area contributed by atoms with E-state index < -0.39 is 38.2 Å². The van der Waals surface area contributed by atoms with Gasteiger partial charge < -0.3 is 5.11 Å². The van der Waals surface area contributed by atoms with Gasteiger partial charge in [-0.3, -0.25) is 4.79 Å². The molecular formula is C14H18FNO4S. The van der Waals surface area contributed by atoms with E-state index in [0.29, 0.717) is 24.8 Å². The first-order chi connectivity index (χ1) is 9.67. The summed E-state index contributed by atoms with van der Waals surface area (Å²) in [5, 5.41) is 9.30.